The van der Waals surface area contributed by atoms with Crippen molar-refractivity contribution in [3.8, 4) is 0 Å². The van der Waals surface area contributed by atoms with Gasteiger partial charge in [0.2, 0.25) is 6.41 Å². The highest BCUT2D eigenvalue weighted by molar-refractivity contribution is 5.46. The van der Waals surface area contributed by atoms with Crippen molar-refractivity contribution in [2.75, 3.05) is 0 Å². The molecule has 4 fully saturated rings. The molecule has 0 saturated heterocycles. The first kappa shape index (κ1) is 22.7. The monoisotopic (exact) mass is 415 g/mol. The van der Waals surface area contributed by atoms with Gasteiger partial charge in [0, 0.05) is 6.04 Å². The average Bonchev–Trinajstić information content (AvgIpc) is 3.05. The largest absolute Gasteiger partial charge is 0.356 e. The third kappa shape index (κ3) is 3.88. The predicted octanol–water partition coefficient (Wildman–Crippen LogP) is 7.22. The first-order chi connectivity index (χ1) is 14.3. The van der Waals surface area contributed by atoms with Gasteiger partial charge >= 0.3 is 0 Å². The van der Waals surface area contributed by atoms with Crippen LogP contribution in [-0.2, 0) is 4.79 Å². The fourth-order valence-corrected chi connectivity index (χ4v) is 9.53. The smallest absolute Gasteiger partial charge is 0.207 e. The van der Waals surface area contributed by atoms with Crippen molar-refractivity contribution >= 4 is 6.41 Å². The van der Waals surface area contributed by atoms with E-state index >= 15 is 0 Å². The first-order valence-electron chi connectivity index (χ1n) is 13.5. The Labute approximate surface area is 186 Å². The molecule has 4 aliphatic rings. The van der Waals surface area contributed by atoms with Crippen LogP contribution in [0.15, 0.2) is 0 Å². The number of carbonyl (C=O) groups is 1. The molecule has 4 saturated carbocycles. The Hall–Kier alpha value is -0.530. The van der Waals surface area contributed by atoms with Crippen molar-refractivity contribution in [2.24, 2.45) is 52.3 Å². The van der Waals surface area contributed by atoms with Gasteiger partial charge in [-0.25, -0.2) is 0 Å². The Balaban J connectivity index is 1.44. The molecule has 4 aliphatic carbocycles. The van der Waals surface area contributed by atoms with Gasteiger partial charge in [0.25, 0.3) is 0 Å². The fourth-order valence-electron chi connectivity index (χ4n) is 9.53. The van der Waals surface area contributed by atoms with Gasteiger partial charge in [-0.15, -0.1) is 0 Å². The first-order valence-corrected chi connectivity index (χ1v) is 13.5. The van der Waals surface area contributed by atoms with Gasteiger partial charge in [0.1, 0.15) is 0 Å². The second kappa shape index (κ2) is 8.78. The van der Waals surface area contributed by atoms with Crippen molar-refractivity contribution in [1.82, 2.24) is 5.32 Å². The number of hydrogen-bond donors (Lipinski definition) is 1. The van der Waals surface area contributed by atoms with E-state index < -0.39 is 0 Å². The minimum absolute atomic E-state index is 0.438. The number of nitrogens with one attached hydrogen (secondary N) is 1. The van der Waals surface area contributed by atoms with Gasteiger partial charge in [-0.2, -0.15) is 0 Å². The van der Waals surface area contributed by atoms with Crippen molar-refractivity contribution in [1.29, 1.82) is 0 Å². The van der Waals surface area contributed by atoms with Gasteiger partial charge < -0.3 is 5.32 Å². The maximum absolute atomic E-state index is 11.0. The summed E-state index contributed by atoms with van der Waals surface area (Å²) in [5, 5.41) is 3.11. The van der Waals surface area contributed by atoms with Crippen LogP contribution in [0.25, 0.3) is 0 Å². The summed E-state index contributed by atoms with van der Waals surface area (Å²) in [6.07, 6.45) is 17.8. The van der Waals surface area contributed by atoms with Gasteiger partial charge in [-0.3, -0.25) is 4.79 Å². The Morgan fingerprint density at radius 1 is 0.900 bits per heavy atom. The van der Waals surface area contributed by atoms with Crippen molar-refractivity contribution < 1.29 is 4.79 Å². The summed E-state index contributed by atoms with van der Waals surface area (Å²) in [6, 6.07) is 0.438. The zero-order valence-corrected chi connectivity index (χ0v) is 20.6. The Bertz CT molecular complexity index is 601. The zero-order valence-electron chi connectivity index (χ0n) is 20.6. The van der Waals surface area contributed by atoms with Crippen molar-refractivity contribution in [3.05, 3.63) is 0 Å². The van der Waals surface area contributed by atoms with Crippen LogP contribution in [0.2, 0.25) is 0 Å². The van der Waals surface area contributed by atoms with E-state index in [0.717, 1.165) is 47.8 Å². The topological polar surface area (TPSA) is 29.1 Å². The van der Waals surface area contributed by atoms with Gasteiger partial charge in [0.05, 0.1) is 0 Å². The van der Waals surface area contributed by atoms with E-state index in [4.69, 9.17) is 0 Å². The second-order valence-corrected chi connectivity index (χ2v) is 12.9. The molecule has 2 nitrogen and oxygen atoms in total. The van der Waals surface area contributed by atoms with Crippen LogP contribution in [0.1, 0.15) is 112 Å². The van der Waals surface area contributed by atoms with Crippen LogP contribution in [-0.4, -0.2) is 12.5 Å². The Morgan fingerprint density at radius 2 is 1.63 bits per heavy atom. The molecule has 1 amide bonds. The summed E-state index contributed by atoms with van der Waals surface area (Å²) >= 11 is 0. The zero-order chi connectivity index (χ0) is 21.5. The van der Waals surface area contributed by atoms with Gasteiger partial charge in [-0.05, 0) is 110 Å². The second-order valence-electron chi connectivity index (χ2n) is 12.9. The molecule has 1 unspecified atom stereocenters. The molecule has 0 aromatic carbocycles. The highest BCUT2D eigenvalue weighted by Crippen LogP contribution is 2.68. The lowest BCUT2D eigenvalue weighted by atomic mass is 9.44. The third-order valence-corrected chi connectivity index (χ3v) is 11.2. The summed E-state index contributed by atoms with van der Waals surface area (Å²) in [5.41, 5.74) is 1.14. The van der Waals surface area contributed by atoms with E-state index in [2.05, 4.69) is 39.9 Å². The SMILES string of the molecule is CC(C)CCC[C@@H](C)[C@H]1CC[C@H]2[C@@H]3CCC4C[C@H](NC=O)CC[C@]4(C)[C@H]3CC[C@]12C. The highest BCUT2D eigenvalue weighted by atomic mass is 16.1. The number of carbonyl (C=O) groups excluding carboxylic acids is 1. The molecule has 1 N–H and O–H groups in total. The average molecular weight is 416 g/mol. The van der Waals surface area contributed by atoms with Crippen molar-refractivity contribution in [2.45, 2.75) is 118 Å². The van der Waals surface area contributed by atoms with Gasteiger partial charge in [-0.1, -0.05) is 53.9 Å². The molecular formula is C28H49NO. The summed E-state index contributed by atoms with van der Waals surface area (Å²) in [7, 11) is 0. The predicted molar refractivity (Wildman–Crippen MR) is 126 cm³/mol. The molecule has 0 spiro atoms. The molecule has 0 radical (unpaired) electrons. The summed E-state index contributed by atoms with van der Waals surface area (Å²) < 4.78 is 0. The number of rotatable bonds is 7. The lowest BCUT2D eigenvalue weighted by Gasteiger charge is -2.61. The molecule has 30 heavy (non-hydrogen) atoms. The summed E-state index contributed by atoms with van der Waals surface area (Å²) in [4.78, 5) is 11.0. The third-order valence-electron chi connectivity index (χ3n) is 11.2. The van der Waals surface area contributed by atoms with Gasteiger partial charge in [0.15, 0.2) is 0 Å². The van der Waals surface area contributed by atoms with E-state index in [-0.39, 0.29) is 0 Å². The normalized spacial score (nSPS) is 46.6. The van der Waals surface area contributed by atoms with Crippen LogP contribution < -0.4 is 5.32 Å². The summed E-state index contributed by atoms with van der Waals surface area (Å²) in [5.74, 6) is 6.47. The number of amides is 1. The van der Waals surface area contributed by atoms with E-state index in [9.17, 15) is 4.79 Å². The number of hydrogen-bond acceptors (Lipinski definition) is 1. The van der Waals surface area contributed by atoms with Crippen LogP contribution in [0.4, 0.5) is 0 Å². The van der Waals surface area contributed by atoms with E-state index in [0.29, 0.717) is 16.9 Å². The molecular weight excluding hydrogens is 366 g/mol. The maximum atomic E-state index is 11.0. The Kier molecular flexibility index (Phi) is 6.63. The van der Waals surface area contributed by atoms with E-state index in [1.165, 1.54) is 77.0 Å². The Morgan fingerprint density at radius 3 is 2.37 bits per heavy atom. The molecule has 0 heterocycles. The molecule has 172 valence electrons. The van der Waals surface area contributed by atoms with Crippen LogP contribution in [0, 0.1) is 52.3 Å². The maximum Gasteiger partial charge on any atom is 0.207 e. The van der Waals surface area contributed by atoms with E-state index in [1.54, 1.807) is 0 Å². The van der Waals surface area contributed by atoms with E-state index in [1.807, 2.05) is 0 Å². The summed E-state index contributed by atoms with van der Waals surface area (Å²) in [6.45, 7) is 12.7. The van der Waals surface area contributed by atoms with Crippen LogP contribution in [0.5, 0.6) is 0 Å². The lowest BCUT2D eigenvalue weighted by molar-refractivity contribution is -0.122. The molecule has 0 aromatic heterocycles. The highest BCUT2D eigenvalue weighted by Gasteiger charge is 2.60. The quantitative estimate of drug-likeness (QED) is 0.437. The molecule has 0 bridgehead atoms. The molecule has 9 atom stereocenters. The minimum atomic E-state index is 0.438. The molecule has 4 rings (SSSR count). The number of fused-ring (bicyclic) bond motifs is 5. The lowest BCUT2D eigenvalue weighted by Crippen LogP contribution is -2.55. The molecule has 0 aromatic rings. The molecule has 0 aliphatic heterocycles. The van der Waals surface area contributed by atoms with Crippen molar-refractivity contribution in [3.63, 3.8) is 0 Å². The standard InChI is InChI=1S/C28H49NO/c1-19(2)7-6-8-20(3)24-11-12-25-23-10-9-21-17-22(29-18-30)13-15-27(21,4)26(23)14-16-28(24,25)5/h18-26H,6-17H2,1-5H3,(H,29,30)/t20-,21?,22-,23+,24-,25+,26+,27+,28-/m1/s1. The van der Waals surface area contributed by atoms with Crippen LogP contribution in [0.3, 0.4) is 0 Å². The minimum Gasteiger partial charge on any atom is -0.356 e. The fraction of sp³-hybridized carbons (Fsp3) is 0.964. The van der Waals surface area contributed by atoms with Crippen LogP contribution >= 0.6 is 0 Å². The molecule has 2 heteroatoms.